The molecule has 1 aliphatic rings. The number of carbonyl (C=O) groups excluding carboxylic acids is 1. The van der Waals surface area contributed by atoms with Crippen LogP contribution < -0.4 is 4.90 Å². The van der Waals surface area contributed by atoms with Gasteiger partial charge in [-0.05, 0) is 25.3 Å². The monoisotopic (exact) mass is 326 g/mol. The minimum Gasteiger partial charge on any atom is -0.359 e. The molecule has 0 radical (unpaired) electrons. The maximum absolute atomic E-state index is 12.6. The molecule has 1 fully saturated rings. The topological polar surface area (TPSA) is 58.6 Å². The summed E-state index contributed by atoms with van der Waals surface area (Å²) in [4.78, 5) is 15.9. The molecule has 1 aromatic rings. The number of methoxy groups -OCH3 is 1. The predicted octanol–water partition coefficient (Wildman–Crippen LogP) is 3.05. The van der Waals surface area contributed by atoms with Crippen LogP contribution in [0.25, 0.3) is 0 Å². The van der Waals surface area contributed by atoms with E-state index in [0.717, 1.165) is 5.56 Å². The van der Waals surface area contributed by atoms with Crippen molar-refractivity contribution in [2.24, 2.45) is 0 Å². The Balaban J connectivity index is 2.44. The van der Waals surface area contributed by atoms with Crippen LogP contribution in [0.3, 0.4) is 0 Å². The summed E-state index contributed by atoms with van der Waals surface area (Å²) in [5.74, 6) is 0.467. The molecule has 1 unspecified atom stereocenters. The fourth-order valence-electron chi connectivity index (χ4n) is 2.46. The summed E-state index contributed by atoms with van der Waals surface area (Å²) in [5, 5.41) is 8.46. The van der Waals surface area contributed by atoms with Gasteiger partial charge in [0.25, 0.3) is 0 Å². The normalized spacial score (nSPS) is 19.5. The molecule has 2 amide bonds. The molecule has 122 valence electrons. The average molecular weight is 327 g/mol. The maximum atomic E-state index is 12.6. The molecule has 1 aromatic heterocycles. The third kappa shape index (κ3) is 3.03. The standard InChI is InChI=1S/C15H23ClN4O2/c1-9(2)19-8-12(22-6)20(14(19)21)11-7-10(15(3,4)5)13(16)18-17-11/h7,9,12H,8H2,1-6H3. The number of amides is 2. The minimum absolute atomic E-state index is 0.0949. The van der Waals surface area contributed by atoms with E-state index in [9.17, 15) is 4.79 Å². The van der Waals surface area contributed by atoms with E-state index in [1.165, 1.54) is 0 Å². The van der Waals surface area contributed by atoms with Crippen LogP contribution in [0, 0.1) is 0 Å². The summed E-state index contributed by atoms with van der Waals surface area (Å²) < 4.78 is 5.45. The molecule has 22 heavy (non-hydrogen) atoms. The molecule has 0 bridgehead atoms. The second-order valence-corrected chi connectivity index (χ2v) is 7.10. The SMILES string of the molecule is COC1CN(C(C)C)C(=O)N1c1cc(C(C)(C)C)c(Cl)nn1. The van der Waals surface area contributed by atoms with Gasteiger partial charge in [-0.3, -0.25) is 0 Å². The van der Waals surface area contributed by atoms with E-state index < -0.39 is 0 Å². The molecule has 0 aliphatic carbocycles. The van der Waals surface area contributed by atoms with E-state index in [0.29, 0.717) is 17.5 Å². The average Bonchev–Trinajstić information content (AvgIpc) is 2.75. The molecular formula is C15H23ClN4O2. The predicted molar refractivity (Wildman–Crippen MR) is 86.3 cm³/mol. The van der Waals surface area contributed by atoms with Crippen LogP contribution in [0.5, 0.6) is 0 Å². The summed E-state index contributed by atoms with van der Waals surface area (Å²) in [6, 6.07) is 1.79. The second-order valence-electron chi connectivity index (χ2n) is 6.75. The Hall–Kier alpha value is -1.40. The van der Waals surface area contributed by atoms with Gasteiger partial charge < -0.3 is 9.64 Å². The molecule has 0 spiro atoms. The second kappa shape index (κ2) is 6.01. The van der Waals surface area contributed by atoms with Crippen LogP contribution in [0.15, 0.2) is 6.07 Å². The summed E-state index contributed by atoms with van der Waals surface area (Å²) in [6.45, 7) is 10.6. The van der Waals surface area contributed by atoms with Crippen molar-refractivity contribution in [3.63, 3.8) is 0 Å². The van der Waals surface area contributed by atoms with Gasteiger partial charge in [-0.1, -0.05) is 32.4 Å². The molecule has 1 atom stereocenters. The van der Waals surface area contributed by atoms with E-state index in [1.807, 2.05) is 40.7 Å². The van der Waals surface area contributed by atoms with Gasteiger partial charge in [0.05, 0.1) is 6.54 Å². The minimum atomic E-state index is -0.377. The van der Waals surface area contributed by atoms with Crippen molar-refractivity contribution in [3.8, 4) is 0 Å². The first-order valence-electron chi connectivity index (χ1n) is 7.33. The van der Waals surface area contributed by atoms with Crippen molar-refractivity contribution in [2.45, 2.75) is 52.3 Å². The molecule has 7 heteroatoms. The van der Waals surface area contributed by atoms with Crippen LogP contribution in [0.4, 0.5) is 10.6 Å². The first kappa shape index (κ1) is 17.0. The highest BCUT2D eigenvalue weighted by molar-refractivity contribution is 6.30. The fraction of sp³-hybridized carbons (Fsp3) is 0.667. The first-order chi connectivity index (χ1) is 10.2. The lowest BCUT2D eigenvalue weighted by Crippen LogP contribution is -2.38. The lowest BCUT2D eigenvalue weighted by molar-refractivity contribution is 0.104. The van der Waals surface area contributed by atoms with Gasteiger partial charge in [0.2, 0.25) is 0 Å². The summed E-state index contributed by atoms with van der Waals surface area (Å²) in [5.41, 5.74) is 0.662. The van der Waals surface area contributed by atoms with Crippen molar-refractivity contribution >= 4 is 23.4 Å². The Labute approximate surface area is 136 Å². The lowest BCUT2D eigenvalue weighted by atomic mass is 9.88. The number of urea groups is 1. The summed E-state index contributed by atoms with van der Waals surface area (Å²) in [6.07, 6.45) is -0.377. The molecule has 6 nitrogen and oxygen atoms in total. The van der Waals surface area contributed by atoms with Gasteiger partial charge in [-0.25, -0.2) is 9.69 Å². The highest BCUT2D eigenvalue weighted by atomic mass is 35.5. The zero-order chi connectivity index (χ0) is 16.7. The molecule has 0 N–H and O–H groups in total. The Morgan fingerprint density at radius 1 is 1.36 bits per heavy atom. The van der Waals surface area contributed by atoms with E-state index in [1.54, 1.807) is 16.9 Å². The van der Waals surface area contributed by atoms with Crippen molar-refractivity contribution in [1.29, 1.82) is 0 Å². The van der Waals surface area contributed by atoms with Crippen LogP contribution >= 0.6 is 11.6 Å². The smallest absolute Gasteiger partial charge is 0.328 e. The Kier molecular flexibility index (Phi) is 4.63. The number of nitrogens with zero attached hydrogens (tertiary/aromatic N) is 4. The number of carbonyl (C=O) groups is 1. The molecule has 1 aliphatic heterocycles. The van der Waals surface area contributed by atoms with Gasteiger partial charge in [-0.15, -0.1) is 10.2 Å². The first-order valence-corrected chi connectivity index (χ1v) is 7.71. The zero-order valence-corrected chi connectivity index (χ0v) is 14.7. The van der Waals surface area contributed by atoms with Gasteiger partial charge in [0, 0.05) is 18.7 Å². The van der Waals surface area contributed by atoms with Crippen LogP contribution in [0.2, 0.25) is 5.15 Å². The van der Waals surface area contributed by atoms with Gasteiger partial charge in [0.1, 0.15) is 0 Å². The number of hydrogen-bond donors (Lipinski definition) is 0. The van der Waals surface area contributed by atoms with Crippen molar-refractivity contribution < 1.29 is 9.53 Å². The fourth-order valence-corrected chi connectivity index (χ4v) is 2.83. The molecule has 1 saturated heterocycles. The third-order valence-electron chi connectivity index (χ3n) is 3.78. The number of halogens is 1. The Bertz CT molecular complexity index is 571. The van der Waals surface area contributed by atoms with Gasteiger partial charge in [-0.2, -0.15) is 0 Å². The van der Waals surface area contributed by atoms with E-state index in [-0.39, 0.29) is 23.7 Å². The lowest BCUT2D eigenvalue weighted by Gasteiger charge is -2.24. The van der Waals surface area contributed by atoms with E-state index >= 15 is 0 Å². The molecule has 0 aromatic carbocycles. The molecule has 0 saturated carbocycles. The quantitative estimate of drug-likeness (QED) is 0.856. The molecular weight excluding hydrogens is 304 g/mol. The van der Waals surface area contributed by atoms with Gasteiger partial charge >= 0.3 is 6.03 Å². The largest absolute Gasteiger partial charge is 0.359 e. The van der Waals surface area contributed by atoms with Crippen molar-refractivity contribution in [2.75, 3.05) is 18.6 Å². The third-order valence-corrected chi connectivity index (χ3v) is 4.06. The number of hydrogen-bond acceptors (Lipinski definition) is 4. The highest BCUT2D eigenvalue weighted by Crippen LogP contribution is 2.32. The van der Waals surface area contributed by atoms with Crippen LogP contribution in [-0.2, 0) is 10.2 Å². The maximum Gasteiger partial charge on any atom is 0.328 e. The van der Waals surface area contributed by atoms with Crippen molar-refractivity contribution in [3.05, 3.63) is 16.8 Å². The highest BCUT2D eigenvalue weighted by Gasteiger charge is 2.41. The molecule has 2 rings (SSSR count). The van der Waals surface area contributed by atoms with Crippen LogP contribution in [-0.4, -0.2) is 47.1 Å². The van der Waals surface area contributed by atoms with Crippen molar-refractivity contribution in [1.82, 2.24) is 15.1 Å². The molecule has 2 heterocycles. The Morgan fingerprint density at radius 3 is 2.50 bits per heavy atom. The van der Waals surface area contributed by atoms with Crippen LogP contribution in [0.1, 0.15) is 40.2 Å². The van der Waals surface area contributed by atoms with Gasteiger partial charge in [0.15, 0.2) is 17.2 Å². The number of rotatable bonds is 3. The number of anilines is 1. The summed E-state index contributed by atoms with van der Waals surface area (Å²) >= 11 is 6.15. The Morgan fingerprint density at radius 2 is 2.00 bits per heavy atom. The zero-order valence-electron chi connectivity index (χ0n) is 13.9. The van der Waals surface area contributed by atoms with E-state index in [2.05, 4.69) is 10.2 Å². The number of aromatic nitrogens is 2. The summed E-state index contributed by atoms with van der Waals surface area (Å²) in [7, 11) is 1.59. The number of ether oxygens (including phenoxy) is 1. The van der Waals surface area contributed by atoms with E-state index in [4.69, 9.17) is 16.3 Å².